The zero-order chi connectivity index (χ0) is 9.14. The summed E-state index contributed by atoms with van der Waals surface area (Å²) >= 11 is 1.55. The Bertz CT molecular complexity index is 247. The smallest absolute Gasteiger partial charge is 0.134 e. The highest BCUT2D eigenvalue weighted by Crippen LogP contribution is 2.28. The van der Waals surface area contributed by atoms with Crippen LogP contribution in [0, 0.1) is 5.92 Å². The van der Waals surface area contributed by atoms with E-state index in [1.54, 1.807) is 18.4 Å². The third-order valence-corrected chi connectivity index (χ3v) is 2.57. The highest BCUT2D eigenvalue weighted by molar-refractivity contribution is 7.10. The number of ether oxygens (including phenoxy) is 1. The molecule has 0 spiro atoms. The Hall–Kier alpha value is -0.610. The summed E-state index contributed by atoms with van der Waals surface area (Å²) in [5.74, 6) is 1.01. The first kappa shape index (κ1) is 9.48. The van der Waals surface area contributed by atoms with Gasteiger partial charge in [-0.25, -0.2) is 4.98 Å². The van der Waals surface area contributed by atoms with E-state index in [-0.39, 0.29) is 6.10 Å². The first-order chi connectivity index (χ1) is 5.65. The lowest BCUT2D eigenvalue weighted by molar-refractivity contribution is 0.0645. The molecule has 1 rings (SSSR count). The molecule has 1 heterocycles. The Morgan fingerprint density at radius 2 is 2.25 bits per heavy atom. The quantitative estimate of drug-likeness (QED) is 0.786. The van der Waals surface area contributed by atoms with E-state index in [9.17, 15) is 0 Å². The van der Waals surface area contributed by atoms with Gasteiger partial charge < -0.3 is 10.5 Å². The summed E-state index contributed by atoms with van der Waals surface area (Å²) in [7, 11) is 1.70. The average molecular weight is 186 g/mol. The number of anilines is 1. The average Bonchev–Trinajstić information content (AvgIpc) is 2.37. The van der Waals surface area contributed by atoms with E-state index in [0.29, 0.717) is 11.7 Å². The van der Waals surface area contributed by atoms with Crippen LogP contribution in [-0.2, 0) is 4.74 Å². The van der Waals surface area contributed by atoms with E-state index in [0.717, 1.165) is 5.01 Å². The highest BCUT2D eigenvalue weighted by Gasteiger charge is 2.17. The maximum Gasteiger partial charge on any atom is 0.134 e. The molecule has 0 aliphatic heterocycles. The fourth-order valence-electron chi connectivity index (χ4n) is 1.09. The molecule has 1 atom stereocenters. The van der Waals surface area contributed by atoms with Crippen molar-refractivity contribution in [2.24, 2.45) is 5.92 Å². The normalized spacial score (nSPS) is 13.7. The van der Waals surface area contributed by atoms with Gasteiger partial charge in [0.1, 0.15) is 16.9 Å². The second kappa shape index (κ2) is 3.87. The summed E-state index contributed by atoms with van der Waals surface area (Å²) < 4.78 is 5.30. The van der Waals surface area contributed by atoms with E-state index in [4.69, 9.17) is 10.5 Å². The van der Waals surface area contributed by atoms with Crippen molar-refractivity contribution >= 4 is 17.2 Å². The lowest BCUT2D eigenvalue weighted by atomic mass is 10.1. The van der Waals surface area contributed by atoms with Crippen LogP contribution in [0.25, 0.3) is 0 Å². The summed E-state index contributed by atoms with van der Waals surface area (Å²) in [6, 6.07) is 0. The first-order valence-corrected chi connectivity index (χ1v) is 4.76. The van der Waals surface area contributed by atoms with Crippen LogP contribution in [0.1, 0.15) is 25.0 Å². The second-order valence-corrected chi connectivity index (χ2v) is 3.90. The molecule has 0 aromatic carbocycles. The summed E-state index contributed by atoms with van der Waals surface area (Å²) in [6.45, 7) is 4.21. The third-order valence-electron chi connectivity index (χ3n) is 1.64. The standard InChI is InChI=1S/C8H14N2OS/c1-5(2)7(11-3)8-10-6(9)4-12-8/h4-5,7H,9H2,1-3H3. The molecule has 68 valence electrons. The number of methoxy groups -OCH3 is 1. The van der Waals surface area contributed by atoms with Crippen molar-refractivity contribution in [2.75, 3.05) is 12.8 Å². The molecule has 0 amide bonds. The van der Waals surface area contributed by atoms with Crippen molar-refractivity contribution in [1.29, 1.82) is 0 Å². The predicted molar refractivity (Wildman–Crippen MR) is 51.1 cm³/mol. The topological polar surface area (TPSA) is 48.1 Å². The van der Waals surface area contributed by atoms with Gasteiger partial charge in [0.2, 0.25) is 0 Å². The van der Waals surface area contributed by atoms with Crippen LogP contribution in [-0.4, -0.2) is 12.1 Å². The number of nitrogens with two attached hydrogens (primary N) is 1. The van der Waals surface area contributed by atoms with Crippen LogP contribution in [0.15, 0.2) is 5.38 Å². The Balaban J connectivity index is 2.80. The molecule has 0 aliphatic carbocycles. The van der Waals surface area contributed by atoms with Crippen molar-refractivity contribution in [3.63, 3.8) is 0 Å². The predicted octanol–water partition coefficient (Wildman–Crippen LogP) is 2.07. The third kappa shape index (κ3) is 1.95. The van der Waals surface area contributed by atoms with E-state index < -0.39 is 0 Å². The van der Waals surface area contributed by atoms with Gasteiger partial charge in [-0.2, -0.15) is 0 Å². The lowest BCUT2D eigenvalue weighted by Gasteiger charge is -2.15. The lowest BCUT2D eigenvalue weighted by Crippen LogP contribution is -2.08. The molecule has 0 radical (unpaired) electrons. The summed E-state index contributed by atoms with van der Waals surface area (Å²) in [5, 5.41) is 2.80. The Morgan fingerprint density at radius 1 is 1.58 bits per heavy atom. The van der Waals surface area contributed by atoms with Crippen molar-refractivity contribution in [1.82, 2.24) is 4.98 Å². The zero-order valence-electron chi connectivity index (χ0n) is 7.57. The molecule has 0 fully saturated rings. The molecule has 0 bridgehead atoms. The number of aromatic nitrogens is 1. The molecule has 3 nitrogen and oxygen atoms in total. The summed E-state index contributed by atoms with van der Waals surface area (Å²) in [5.41, 5.74) is 5.51. The molecular weight excluding hydrogens is 172 g/mol. The SMILES string of the molecule is COC(c1nc(N)cs1)C(C)C. The molecule has 1 aromatic rings. The van der Waals surface area contributed by atoms with Gasteiger partial charge in [-0.15, -0.1) is 11.3 Å². The minimum Gasteiger partial charge on any atom is -0.383 e. The monoisotopic (exact) mass is 186 g/mol. The number of hydrogen-bond donors (Lipinski definition) is 1. The summed E-state index contributed by atoms with van der Waals surface area (Å²) in [6.07, 6.45) is 0.0762. The number of hydrogen-bond acceptors (Lipinski definition) is 4. The van der Waals surface area contributed by atoms with E-state index in [2.05, 4.69) is 18.8 Å². The van der Waals surface area contributed by atoms with Gasteiger partial charge in [0.15, 0.2) is 0 Å². The maximum absolute atomic E-state index is 5.51. The maximum atomic E-state index is 5.51. The van der Waals surface area contributed by atoms with Gasteiger partial charge in [0.05, 0.1) is 0 Å². The van der Waals surface area contributed by atoms with E-state index in [1.807, 2.05) is 5.38 Å². The van der Waals surface area contributed by atoms with E-state index in [1.165, 1.54) is 0 Å². The van der Waals surface area contributed by atoms with Crippen LogP contribution in [0.2, 0.25) is 0 Å². The Kier molecular flexibility index (Phi) is 3.05. The first-order valence-electron chi connectivity index (χ1n) is 3.89. The molecular formula is C8H14N2OS. The number of nitrogen functional groups attached to an aromatic ring is 1. The van der Waals surface area contributed by atoms with Gasteiger partial charge >= 0.3 is 0 Å². The van der Waals surface area contributed by atoms with Gasteiger partial charge in [0, 0.05) is 12.5 Å². The van der Waals surface area contributed by atoms with Crippen LogP contribution >= 0.6 is 11.3 Å². The van der Waals surface area contributed by atoms with Crippen molar-refractivity contribution < 1.29 is 4.74 Å². The number of rotatable bonds is 3. The Labute approximate surface area is 76.6 Å². The minimum absolute atomic E-state index is 0.0762. The minimum atomic E-state index is 0.0762. The van der Waals surface area contributed by atoms with Gasteiger partial charge in [-0.3, -0.25) is 0 Å². The molecule has 0 saturated heterocycles. The molecule has 1 unspecified atom stereocenters. The van der Waals surface area contributed by atoms with Crippen LogP contribution in [0.3, 0.4) is 0 Å². The van der Waals surface area contributed by atoms with Crippen molar-refractivity contribution in [3.8, 4) is 0 Å². The molecule has 4 heteroatoms. The molecule has 1 aromatic heterocycles. The van der Waals surface area contributed by atoms with Crippen molar-refractivity contribution in [3.05, 3.63) is 10.4 Å². The molecule has 2 N–H and O–H groups in total. The van der Waals surface area contributed by atoms with Crippen molar-refractivity contribution in [2.45, 2.75) is 20.0 Å². The van der Waals surface area contributed by atoms with Gasteiger partial charge in [0.25, 0.3) is 0 Å². The Morgan fingerprint density at radius 3 is 2.58 bits per heavy atom. The van der Waals surface area contributed by atoms with Gasteiger partial charge in [-0.1, -0.05) is 13.8 Å². The second-order valence-electron chi connectivity index (χ2n) is 3.01. The van der Waals surface area contributed by atoms with E-state index >= 15 is 0 Å². The molecule has 12 heavy (non-hydrogen) atoms. The molecule has 0 aliphatic rings. The van der Waals surface area contributed by atoms with Crippen LogP contribution in [0.4, 0.5) is 5.82 Å². The summed E-state index contributed by atoms with van der Waals surface area (Å²) in [4.78, 5) is 4.17. The zero-order valence-corrected chi connectivity index (χ0v) is 8.39. The highest BCUT2D eigenvalue weighted by atomic mass is 32.1. The number of nitrogens with zero attached hydrogens (tertiary/aromatic N) is 1. The van der Waals surface area contributed by atoms with Gasteiger partial charge in [-0.05, 0) is 5.92 Å². The number of thiazole rings is 1. The fraction of sp³-hybridized carbons (Fsp3) is 0.625. The fourth-order valence-corrected chi connectivity index (χ4v) is 2.04. The van der Waals surface area contributed by atoms with Crippen LogP contribution < -0.4 is 5.73 Å². The van der Waals surface area contributed by atoms with Crippen LogP contribution in [0.5, 0.6) is 0 Å². The largest absolute Gasteiger partial charge is 0.383 e. The molecule has 0 saturated carbocycles.